The van der Waals surface area contributed by atoms with E-state index in [1.165, 1.54) is 24.3 Å². The van der Waals surface area contributed by atoms with Crippen LogP contribution in [0.5, 0.6) is 0 Å². The highest BCUT2D eigenvalue weighted by molar-refractivity contribution is 7.86. The van der Waals surface area contributed by atoms with E-state index in [2.05, 4.69) is 0 Å². The van der Waals surface area contributed by atoms with Gasteiger partial charge in [0.15, 0.2) is 0 Å². The van der Waals surface area contributed by atoms with Crippen LogP contribution in [0.3, 0.4) is 0 Å². The van der Waals surface area contributed by atoms with Gasteiger partial charge in [0.1, 0.15) is 18.0 Å². The highest BCUT2D eigenvalue weighted by Gasteiger charge is 2.65. The van der Waals surface area contributed by atoms with Crippen molar-refractivity contribution in [3.05, 3.63) is 39.9 Å². The molecule has 0 N–H and O–H groups in total. The van der Waals surface area contributed by atoms with Crippen molar-refractivity contribution < 1.29 is 36.6 Å². The Morgan fingerprint density at radius 1 is 1.21 bits per heavy atom. The lowest BCUT2D eigenvalue weighted by atomic mass is 9.70. The Kier molecular flexibility index (Phi) is 6.32. The first-order chi connectivity index (χ1) is 15.9. The minimum absolute atomic E-state index is 0.00946. The van der Waals surface area contributed by atoms with Crippen LogP contribution in [0.15, 0.2) is 24.3 Å². The summed E-state index contributed by atoms with van der Waals surface area (Å²) in [5, 5.41) is 10.8. The lowest BCUT2D eigenvalue weighted by Gasteiger charge is -2.36. The molecule has 3 aliphatic rings. The minimum atomic E-state index is -4.05. The third-order valence-electron chi connectivity index (χ3n) is 8.03. The topological polar surface area (TPSA) is 139 Å². The van der Waals surface area contributed by atoms with E-state index in [1.54, 1.807) is 0 Å². The molecule has 1 aromatic carbocycles. The van der Waals surface area contributed by atoms with E-state index < -0.39 is 37.4 Å². The van der Waals surface area contributed by atoms with Crippen LogP contribution in [-0.2, 0) is 28.6 Å². The second-order valence-corrected chi connectivity index (χ2v) is 11.8. The summed E-state index contributed by atoms with van der Waals surface area (Å²) < 4.78 is 42.4. The summed E-state index contributed by atoms with van der Waals surface area (Å²) in [6.45, 7) is 3.75. The van der Waals surface area contributed by atoms with Crippen molar-refractivity contribution in [2.75, 3.05) is 25.6 Å². The van der Waals surface area contributed by atoms with Crippen LogP contribution in [0.1, 0.15) is 56.3 Å². The second-order valence-electron chi connectivity index (χ2n) is 10.1. The lowest BCUT2D eigenvalue weighted by Crippen LogP contribution is -2.45. The quantitative estimate of drug-likeness (QED) is 0.219. The van der Waals surface area contributed by atoms with E-state index in [0.29, 0.717) is 32.3 Å². The van der Waals surface area contributed by atoms with Crippen molar-refractivity contribution >= 4 is 27.6 Å². The Morgan fingerprint density at radius 3 is 2.44 bits per heavy atom. The zero-order valence-electron chi connectivity index (χ0n) is 19.3. The van der Waals surface area contributed by atoms with E-state index in [0.717, 1.165) is 6.42 Å². The molecule has 4 rings (SSSR count). The molecule has 2 bridgehead atoms. The number of hydrogen-bond donors (Lipinski definition) is 0. The third kappa shape index (κ3) is 4.36. The van der Waals surface area contributed by atoms with E-state index in [1.807, 2.05) is 13.8 Å². The van der Waals surface area contributed by atoms with Gasteiger partial charge < -0.3 is 9.47 Å². The first kappa shape index (κ1) is 24.7. The molecule has 11 heteroatoms. The maximum Gasteiger partial charge on any atom is 0.338 e. The Bertz CT molecular complexity index is 1090. The largest absolute Gasteiger partial charge is 0.459 e. The normalized spacial score (nSPS) is 29.9. The molecule has 0 amide bonds. The molecule has 0 aromatic heterocycles. The molecule has 3 fully saturated rings. The summed E-state index contributed by atoms with van der Waals surface area (Å²) in [7, 11) is -4.05. The Balaban J connectivity index is 1.39. The number of non-ortho nitro benzene ring substituents is 1. The van der Waals surface area contributed by atoms with Gasteiger partial charge in [-0.3, -0.25) is 19.1 Å². The van der Waals surface area contributed by atoms with Crippen LogP contribution in [-0.4, -0.2) is 56.3 Å². The number of nitro benzene ring substituents is 1. The maximum atomic E-state index is 13.0. The summed E-state index contributed by atoms with van der Waals surface area (Å²) >= 11 is 0. The molecule has 0 radical (unpaired) electrons. The number of carbonyl (C=O) groups is 2. The monoisotopic (exact) mass is 495 g/mol. The molecule has 1 aromatic rings. The SMILES string of the molecule is CC1(C)[C@@H]2CC[C@@]1(CS(=O)(=O)OC[C@@]1(COC(=O)c3ccc([N+](=O)[O-])cc3)CCCO1)C(=O)C2. The Morgan fingerprint density at radius 2 is 1.91 bits per heavy atom. The molecule has 10 nitrogen and oxygen atoms in total. The third-order valence-corrected chi connectivity index (χ3v) is 9.35. The van der Waals surface area contributed by atoms with Gasteiger partial charge >= 0.3 is 5.97 Å². The molecule has 34 heavy (non-hydrogen) atoms. The molecular weight excluding hydrogens is 466 g/mol. The first-order valence-corrected chi connectivity index (χ1v) is 12.9. The van der Waals surface area contributed by atoms with Crippen LogP contribution in [0.4, 0.5) is 5.69 Å². The van der Waals surface area contributed by atoms with Crippen LogP contribution in [0.25, 0.3) is 0 Å². The molecule has 0 unspecified atom stereocenters. The summed E-state index contributed by atoms with van der Waals surface area (Å²) in [5.74, 6) is -0.883. The van der Waals surface area contributed by atoms with Gasteiger partial charge in [-0.1, -0.05) is 13.8 Å². The molecular formula is C23H29NO9S. The van der Waals surface area contributed by atoms with Crippen molar-refractivity contribution in [2.24, 2.45) is 16.7 Å². The van der Waals surface area contributed by atoms with Gasteiger partial charge in [-0.2, -0.15) is 8.42 Å². The van der Waals surface area contributed by atoms with Gasteiger partial charge in [0.05, 0.1) is 28.3 Å². The van der Waals surface area contributed by atoms with Crippen LogP contribution in [0.2, 0.25) is 0 Å². The van der Waals surface area contributed by atoms with Crippen molar-refractivity contribution in [3.8, 4) is 0 Å². The number of nitro groups is 1. The molecule has 2 saturated carbocycles. The molecule has 1 saturated heterocycles. The number of carbonyl (C=O) groups excluding carboxylic acids is 2. The van der Waals surface area contributed by atoms with Gasteiger partial charge in [-0.25, -0.2) is 4.79 Å². The number of Topliss-reactive ketones (excluding diaryl/α,β-unsaturated/α-hetero) is 1. The van der Waals surface area contributed by atoms with Crippen molar-refractivity contribution in [1.82, 2.24) is 0 Å². The first-order valence-electron chi connectivity index (χ1n) is 11.4. The molecule has 0 spiro atoms. The number of benzene rings is 1. The second kappa shape index (κ2) is 8.69. The number of esters is 1. The molecule has 186 valence electrons. The van der Waals surface area contributed by atoms with E-state index >= 15 is 0 Å². The average Bonchev–Trinajstić information content (AvgIpc) is 3.40. The summed E-state index contributed by atoms with van der Waals surface area (Å²) in [5.41, 5.74) is -2.47. The summed E-state index contributed by atoms with van der Waals surface area (Å²) in [6.07, 6.45) is 2.87. The van der Waals surface area contributed by atoms with Gasteiger partial charge in [0.2, 0.25) is 0 Å². The van der Waals surface area contributed by atoms with Crippen LogP contribution in [0, 0.1) is 26.9 Å². The molecule has 1 aliphatic heterocycles. The maximum absolute atomic E-state index is 13.0. The Labute approximate surface area is 198 Å². The van der Waals surface area contributed by atoms with Crippen molar-refractivity contribution in [2.45, 2.75) is 51.6 Å². The fraction of sp³-hybridized carbons (Fsp3) is 0.652. The number of hydrogen-bond acceptors (Lipinski definition) is 9. The molecule has 1 heterocycles. The number of nitrogens with zero attached hydrogens (tertiary/aromatic N) is 1. The summed E-state index contributed by atoms with van der Waals surface area (Å²) in [4.78, 5) is 35.3. The Hall–Kier alpha value is -2.37. The highest BCUT2D eigenvalue weighted by atomic mass is 32.2. The fourth-order valence-corrected chi connectivity index (χ4v) is 7.43. The van der Waals surface area contributed by atoms with Gasteiger partial charge in [-0.15, -0.1) is 0 Å². The van der Waals surface area contributed by atoms with Gasteiger partial charge in [-0.05, 0) is 49.1 Å². The van der Waals surface area contributed by atoms with Crippen LogP contribution >= 0.6 is 0 Å². The van der Waals surface area contributed by atoms with Crippen LogP contribution < -0.4 is 0 Å². The highest BCUT2D eigenvalue weighted by Crippen LogP contribution is 2.64. The molecule has 3 atom stereocenters. The standard InChI is InChI=1S/C23H29NO9S/c1-21(2)17-8-10-23(21,19(25)12-17)15-34(29,30)33-14-22(9-3-11-32-22)13-31-20(26)16-4-6-18(7-5-16)24(27)28/h4-7,17H,3,8-15H2,1-2H3/t17-,22+,23-/m1/s1. The fourth-order valence-electron chi connectivity index (χ4n) is 5.67. The zero-order chi connectivity index (χ0) is 24.8. The van der Waals surface area contributed by atoms with E-state index in [9.17, 15) is 28.1 Å². The number of ether oxygens (including phenoxy) is 2. The predicted molar refractivity (Wildman–Crippen MR) is 120 cm³/mol. The number of fused-ring (bicyclic) bond motifs is 2. The van der Waals surface area contributed by atoms with Gasteiger partial charge in [0.25, 0.3) is 15.8 Å². The zero-order valence-corrected chi connectivity index (χ0v) is 20.1. The smallest absolute Gasteiger partial charge is 0.338 e. The number of rotatable bonds is 9. The van der Waals surface area contributed by atoms with E-state index in [-0.39, 0.29) is 41.9 Å². The van der Waals surface area contributed by atoms with Crippen molar-refractivity contribution in [1.29, 1.82) is 0 Å². The van der Waals surface area contributed by atoms with Crippen molar-refractivity contribution in [3.63, 3.8) is 0 Å². The summed E-state index contributed by atoms with van der Waals surface area (Å²) in [6, 6.07) is 4.98. The predicted octanol–water partition coefficient (Wildman–Crippen LogP) is 3.04. The van der Waals surface area contributed by atoms with E-state index in [4.69, 9.17) is 13.7 Å². The minimum Gasteiger partial charge on any atom is -0.459 e. The molecule has 2 aliphatic carbocycles. The number of ketones is 1. The van der Waals surface area contributed by atoms with Gasteiger partial charge in [0, 0.05) is 25.2 Å². The average molecular weight is 496 g/mol. The lowest BCUT2D eigenvalue weighted by molar-refractivity contribution is -0.384.